The van der Waals surface area contributed by atoms with Gasteiger partial charge in [0, 0.05) is 12.3 Å². The lowest BCUT2D eigenvalue weighted by Gasteiger charge is -2.16. The van der Waals surface area contributed by atoms with Crippen LogP contribution in [0, 0.1) is 6.92 Å². The molecule has 3 rings (SSSR count). The molecule has 0 saturated heterocycles. The van der Waals surface area contributed by atoms with E-state index in [-0.39, 0.29) is 11.9 Å². The zero-order valence-corrected chi connectivity index (χ0v) is 15.7. The minimum absolute atomic E-state index is 0.134. The Labute approximate surface area is 157 Å². The van der Waals surface area contributed by atoms with Gasteiger partial charge in [0.15, 0.2) is 11.5 Å². The minimum atomic E-state index is -0.186. The van der Waals surface area contributed by atoms with E-state index in [1.165, 1.54) is 5.56 Å². The normalized spacial score (nSPS) is 12.5. The third-order valence-electron chi connectivity index (χ3n) is 4.05. The van der Waals surface area contributed by atoms with Crippen LogP contribution in [0.3, 0.4) is 0 Å². The molecule has 1 amide bonds. The number of thioether (sulfide) groups is 1. The number of hydrogen-bond acceptors (Lipinski definition) is 4. The van der Waals surface area contributed by atoms with E-state index in [1.807, 2.05) is 66.1 Å². The van der Waals surface area contributed by atoms with Crippen molar-refractivity contribution < 1.29 is 4.79 Å². The highest BCUT2D eigenvalue weighted by molar-refractivity contribution is 7.98. The molecule has 3 aromatic rings. The van der Waals surface area contributed by atoms with E-state index in [9.17, 15) is 4.79 Å². The van der Waals surface area contributed by atoms with Crippen molar-refractivity contribution in [3.63, 3.8) is 0 Å². The molecule has 26 heavy (non-hydrogen) atoms. The first kappa shape index (κ1) is 18.2. The highest BCUT2D eigenvalue weighted by Crippen LogP contribution is 2.18. The van der Waals surface area contributed by atoms with Gasteiger partial charge in [-0.15, -0.1) is 10.2 Å². The van der Waals surface area contributed by atoms with Gasteiger partial charge >= 0.3 is 0 Å². The number of pyridine rings is 1. The predicted molar refractivity (Wildman–Crippen MR) is 107 cm³/mol. The van der Waals surface area contributed by atoms with Crippen molar-refractivity contribution in [1.82, 2.24) is 19.9 Å². The van der Waals surface area contributed by atoms with Gasteiger partial charge in [0.05, 0.1) is 6.04 Å². The number of aromatic nitrogens is 3. The van der Waals surface area contributed by atoms with Crippen molar-refractivity contribution in [2.75, 3.05) is 12.0 Å². The van der Waals surface area contributed by atoms with Crippen LogP contribution in [0.2, 0.25) is 0 Å². The second kappa shape index (κ2) is 8.67. The van der Waals surface area contributed by atoms with Crippen LogP contribution in [-0.2, 0) is 4.79 Å². The molecular weight excluding hydrogens is 344 g/mol. The largest absolute Gasteiger partial charge is 0.342 e. The van der Waals surface area contributed by atoms with Crippen LogP contribution in [0.25, 0.3) is 11.7 Å². The van der Waals surface area contributed by atoms with Gasteiger partial charge in [0.1, 0.15) is 0 Å². The van der Waals surface area contributed by atoms with E-state index in [4.69, 9.17) is 0 Å². The summed E-state index contributed by atoms with van der Waals surface area (Å²) in [6.45, 7) is 2.03. The fourth-order valence-electron chi connectivity index (χ4n) is 2.76. The van der Waals surface area contributed by atoms with Crippen LogP contribution in [0.5, 0.6) is 0 Å². The van der Waals surface area contributed by atoms with E-state index in [0.717, 1.165) is 29.2 Å². The average Bonchev–Trinajstić information content (AvgIpc) is 3.07. The Morgan fingerprint density at radius 1 is 1.27 bits per heavy atom. The van der Waals surface area contributed by atoms with E-state index in [0.29, 0.717) is 0 Å². The van der Waals surface area contributed by atoms with Crippen molar-refractivity contribution in [2.45, 2.75) is 19.4 Å². The van der Waals surface area contributed by atoms with Crippen LogP contribution < -0.4 is 5.32 Å². The maximum atomic E-state index is 12.4. The topological polar surface area (TPSA) is 59.3 Å². The van der Waals surface area contributed by atoms with Gasteiger partial charge in [-0.05, 0) is 49.1 Å². The molecule has 0 aliphatic carbocycles. The first-order chi connectivity index (χ1) is 12.7. The number of aryl methyl sites for hydroxylation is 1. The van der Waals surface area contributed by atoms with Crippen LogP contribution in [0.1, 0.15) is 29.4 Å². The number of benzene rings is 1. The quantitative estimate of drug-likeness (QED) is 0.648. The number of amides is 1. The molecule has 134 valence electrons. The molecule has 0 fully saturated rings. The van der Waals surface area contributed by atoms with Crippen LogP contribution in [-0.4, -0.2) is 32.5 Å². The molecule has 0 aliphatic rings. The van der Waals surface area contributed by atoms with E-state index >= 15 is 0 Å². The number of nitrogens with zero attached hydrogens (tertiary/aromatic N) is 3. The Balaban J connectivity index is 1.77. The van der Waals surface area contributed by atoms with Crippen molar-refractivity contribution in [1.29, 1.82) is 0 Å². The summed E-state index contributed by atoms with van der Waals surface area (Å²) in [5, 5.41) is 11.6. The van der Waals surface area contributed by atoms with Gasteiger partial charge in [0.25, 0.3) is 0 Å². The lowest BCUT2D eigenvalue weighted by Crippen LogP contribution is -2.29. The predicted octanol–water partition coefficient (Wildman–Crippen LogP) is 3.66. The molecule has 0 spiro atoms. The molecule has 0 saturated carbocycles. The number of fused-ring (bicyclic) bond motifs is 1. The number of nitrogens with one attached hydrogen (secondary N) is 1. The maximum Gasteiger partial charge on any atom is 0.244 e. The zero-order chi connectivity index (χ0) is 18.4. The lowest BCUT2D eigenvalue weighted by molar-refractivity contribution is -0.117. The summed E-state index contributed by atoms with van der Waals surface area (Å²) in [6.07, 6.45) is 8.17. The molecule has 1 atom stereocenters. The molecule has 1 unspecified atom stereocenters. The first-order valence-corrected chi connectivity index (χ1v) is 9.90. The maximum absolute atomic E-state index is 12.4. The van der Waals surface area contributed by atoms with Gasteiger partial charge < -0.3 is 5.32 Å². The van der Waals surface area contributed by atoms with Crippen LogP contribution >= 0.6 is 11.8 Å². The summed E-state index contributed by atoms with van der Waals surface area (Å²) in [5.74, 6) is 1.55. The molecule has 6 heteroatoms. The molecule has 0 aliphatic heterocycles. The molecular formula is C20H22N4OS. The average molecular weight is 366 g/mol. The summed E-state index contributed by atoms with van der Waals surface area (Å²) in [4.78, 5) is 12.4. The number of carbonyl (C=O) groups is 1. The van der Waals surface area contributed by atoms with E-state index < -0.39 is 0 Å². The molecule has 2 heterocycles. The van der Waals surface area contributed by atoms with Crippen LogP contribution in [0.15, 0.2) is 54.7 Å². The van der Waals surface area contributed by atoms with Crippen molar-refractivity contribution in [3.8, 4) is 0 Å². The lowest BCUT2D eigenvalue weighted by atomic mass is 10.1. The number of hydrogen-bond donors (Lipinski definition) is 1. The van der Waals surface area contributed by atoms with Gasteiger partial charge in [-0.2, -0.15) is 11.8 Å². The third-order valence-corrected chi connectivity index (χ3v) is 4.69. The van der Waals surface area contributed by atoms with Crippen molar-refractivity contribution in [2.24, 2.45) is 0 Å². The van der Waals surface area contributed by atoms with E-state index in [1.54, 1.807) is 17.8 Å². The molecule has 2 aromatic heterocycles. The molecule has 0 radical (unpaired) electrons. The zero-order valence-electron chi connectivity index (χ0n) is 14.9. The highest BCUT2D eigenvalue weighted by Gasteiger charge is 2.19. The Bertz CT molecular complexity index is 919. The summed E-state index contributed by atoms with van der Waals surface area (Å²) in [5.41, 5.74) is 2.95. The Hall–Kier alpha value is -2.60. The smallest absolute Gasteiger partial charge is 0.244 e. The Morgan fingerprint density at radius 3 is 2.96 bits per heavy atom. The molecule has 0 bridgehead atoms. The number of rotatable bonds is 7. The van der Waals surface area contributed by atoms with Gasteiger partial charge in [0.2, 0.25) is 5.91 Å². The monoisotopic (exact) mass is 366 g/mol. The van der Waals surface area contributed by atoms with Crippen molar-refractivity contribution in [3.05, 3.63) is 71.7 Å². The second-order valence-corrected chi connectivity index (χ2v) is 7.06. The molecule has 1 N–H and O–H groups in total. The molecule has 5 nitrogen and oxygen atoms in total. The summed E-state index contributed by atoms with van der Waals surface area (Å²) >= 11 is 1.74. The highest BCUT2D eigenvalue weighted by atomic mass is 32.2. The fraction of sp³-hybridized carbons (Fsp3) is 0.250. The first-order valence-electron chi connectivity index (χ1n) is 8.51. The SMILES string of the molecule is CSCCC(NC(=O)/C=C/c1cccc(C)c1)c1nnc2ccccn12. The number of carbonyl (C=O) groups excluding carboxylic acids is 1. The van der Waals surface area contributed by atoms with Gasteiger partial charge in [-0.3, -0.25) is 9.20 Å². The second-order valence-electron chi connectivity index (χ2n) is 6.08. The minimum Gasteiger partial charge on any atom is -0.342 e. The third kappa shape index (κ3) is 4.52. The fourth-order valence-corrected chi connectivity index (χ4v) is 3.24. The van der Waals surface area contributed by atoms with E-state index in [2.05, 4.69) is 21.8 Å². The van der Waals surface area contributed by atoms with Gasteiger partial charge in [-0.1, -0.05) is 35.9 Å². The standard InChI is InChI=1S/C20H22N4OS/c1-15-6-5-7-16(14-15)9-10-19(25)21-17(11-13-26-2)20-23-22-18-8-3-4-12-24(18)20/h3-10,12,14,17H,11,13H2,1-2H3,(H,21,25)/b10-9+. The Morgan fingerprint density at radius 2 is 2.15 bits per heavy atom. The summed E-state index contributed by atoms with van der Waals surface area (Å²) in [6, 6.07) is 13.6. The molecule has 1 aromatic carbocycles. The Kier molecular flexibility index (Phi) is 6.07. The van der Waals surface area contributed by atoms with Crippen molar-refractivity contribution >= 4 is 29.4 Å². The summed E-state index contributed by atoms with van der Waals surface area (Å²) in [7, 11) is 0. The summed E-state index contributed by atoms with van der Waals surface area (Å²) < 4.78 is 1.93. The van der Waals surface area contributed by atoms with Crippen LogP contribution in [0.4, 0.5) is 0 Å². The van der Waals surface area contributed by atoms with Gasteiger partial charge in [-0.25, -0.2) is 0 Å².